The molecule has 1 saturated heterocycles. The van der Waals surface area contributed by atoms with Gasteiger partial charge >= 0.3 is 0 Å². The molecule has 7 aromatic rings. The molecule has 7 aromatic carbocycles. The Labute approximate surface area is 332 Å². The first-order chi connectivity index (χ1) is 27.6. The SMILES string of the molecule is CCC1(CC)c2cc(/C=C/c3ccc(-c4ccc(-c5ccccc5)c(N5CCOCC5)c4)cc3)ccc2-c2ccc(N(c3ccccc3)c3ccccc3)cc21. The summed E-state index contributed by atoms with van der Waals surface area (Å²) in [5, 5.41) is 0. The fourth-order valence-electron chi connectivity index (χ4n) is 8.97. The van der Waals surface area contributed by atoms with Gasteiger partial charge in [0.2, 0.25) is 0 Å². The Bertz CT molecular complexity index is 2420. The molecule has 0 saturated carbocycles. The van der Waals surface area contributed by atoms with Gasteiger partial charge in [-0.25, -0.2) is 0 Å². The molecule has 0 unspecified atom stereocenters. The molecule has 3 heteroatoms. The lowest BCUT2D eigenvalue weighted by atomic mass is 9.73. The third kappa shape index (κ3) is 6.63. The van der Waals surface area contributed by atoms with Crippen LogP contribution in [0.3, 0.4) is 0 Å². The van der Waals surface area contributed by atoms with Crippen molar-refractivity contribution in [2.24, 2.45) is 0 Å². The third-order valence-electron chi connectivity index (χ3n) is 12.0. The minimum absolute atomic E-state index is 0.0542. The van der Waals surface area contributed by atoms with E-state index in [4.69, 9.17) is 4.74 Å². The van der Waals surface area contributed by atoms with Crippen LogP contribution in [-0.2, 0) is 10.2 Å². The Morgan fingerprint density at radius 1 is 0.500 bits per heavy atom. The van der Waals surface area contributed by atoms with Gasteiger partial charge in [0, 0.05) is 46.8 Å². The number of para-hydroxylation sites is 2. The van der Waals surface area contributed by atoms with E-state index in [1.54, 1.807) is 0 Å². The van der Waals surface area contributed by atoms with Crippen LogP contribution in [-0.4, -0.2) is 26.3 Å². The number of fused-ring (bicyclic) bond motifs is 3. The van der Waals surface area contributed by atoms with Crippen LogP contribution in [0, 0.1) is 0 Å². The average molecular weight is 729 g/mol. The molecule has 0 spiro atoms. The third-order valence-corrected chi connectivity index (χ3v) is 12.0. The van der Waals surface area contributed by atoms with Gasteiger partial charge in [0.25, 0.3) is 0 Å². The van der Waals surface area contributed by atoms with Crippen molar-refractivity contribution in [1.82, 2.24) is 0 Å². The largest absolute Gasteiger partial charge is 0.378 e. The standard InChI is InChI=1S/C53H48N2O/c1-3-53(4-2)50-36-40(24-29-48(50)49-31-28-46(38-51(49)53)55(44-16-10-6-11-17-44)45-18-12-7-13-19-45)21-20-39-22-25-41(26-23-39)43-27-30-47(42-14-8-5-9-15-42)52(37-43)54-32-34-56-35-33-54/h5-31,36-38H,3-4,32-35H2,1-2H3/b21-20+. The minimum Gasteiger partial charge on any atom is -0.378 e. The molecule has 1 heterocycles. The Morgan fingerprint density at radius 3 is 1.68 bits per heavy atom. The number of benzene rings is 7. The van der Waals surface area contributed by atoms with Crippen molar-refractivity contribution in [2.45, 2.75) is 32.1 Å². The number of anilines is 4. The van der Waals surface area contributed by atoms with Gasteiger partial charge in [-0.2, -0.15) is 0 Å². The molecular weight excluding hydrogens is 681 g/mol. The molecule has 1 aliphatic heterocycles. The molecule has 3 nitrogen and oxygen atoms in total. The van der Waals surface area contributed by atoms with E-state index in [1.807, 2.05) is 0 Å². The van der Waals surface area contributed by atoms with Crippen molar-refractivity contribution in [3.8, 4) is 33.4 Å². The van der Waals surface area contributed by atoms with E-state index in [9.17, 15) is 0 Å². The van der Waals surface area contributed by atoms with Gasteiger partial charge in [-0.15, -0.1) is 0 Å². The van der Waals surface area contributed by atoms with Crippen molar-refractivity contribution in [3.63, 3.8) is 0 Å². The zero-order chi connectivity index (χ0) is 37.9. The average Bonchev–Trinajstić information content (AvgIpc) is 3.55. The lowest BCUT2D eigenvalue weighted by molar-refractivity contribution is 0.123. The van der Waals surface area contributed by atoms with Crippen molar-refractivity contribution < 1.29 is 4.74 Å². The van der Waals surface area contributed by atoms with Crippen molar-refractivity contribution in [2.75, 3.05) is 36.1 Å². The fourth-order valence-corrected chi connectivity index (χ4v) is 8.97. The predicted molar refractivity (Wildman–Crippen MR) is 237 cm³/mol. The molecule has 0 radical (unpaired) electrons. The fraction of sp³-hybridized carbons (Fsp3) is 0.170. The van der Waals surface area contributed by atoms with Crippen LogP contribution in [0.4, 0.5) is 22.7 Å². The first-order valence-corrected chi connectivity index (χ1v) is 20.2. The summed E-state index contributed by atoms with van der Waals surface area (Å²) in [6.45, 7) is 8.04. The number of nitrogens with zero attached hydrogens (tertiary/aromatic N) is 2. The van der Waals surface area contributed by atoms with Crippen molar-refractivity contribution >= 4 is 34.9 Å². The monoisotopic (exact) mass is 728 g/mol. The molecule has 0 amide bonds. The highest BCUT2D eigenvalue weighted by Crippen LogP contribution is 2.54. The van der Waals surface area contributed by atoms with E-state index in [1.165, 1.54) is 67.0 Å². The predicted octanol–water partition coefficient (Wildman–Crippen LogP) is 13.6. The summed E-state index contributed by atoms with van der Waals surface area (Å²) in [6.07, 6.45) is 6.60. The summed E-state index contributed by atoms with van der Waals surface area (Å²) >= 11 is 0. The molecule has 9 rings (SSSR count). The summed E-state index contributed by atoms with van der Waals surface area (Å²) in [6, 6.07) is 62.2. The zero-order valence-electron chi connectivity index (χ0n) is 32.4. The van der Waals surface area contributed by atoms with Crippen LogP contribution in [0.25, 0.3) is 45.5 Å². The highest BCUT2D eigenvalue weighted by molar-refractivity contribution is 5.88. The van der Waals surface area contributed by atoms with E-state index in [2.05, 4.69) is 206 Å². The number of rotatable bonds is 10. The molecular formula is C53H48N2O. The molecule has 0 N–H and O–H groups in total. The van der Waals surface area contributed by atoms with Gasteiger partial charge in [0.1, 0.15) is 0 Å². The highest BCUT2D eigenvalue weighted by Gasteiger charge is 2.41. The van der Waals surface area contributed by atoms with Gasteiger partial charge in [-0.05, 0) is 105 Å². The van der Waals surface area contributed by atoms with Gasteiger partial charge < -0.3 is 14.5 Å². The highest BCUT2D eigenvalue weighted by atomic mass is 16.5. The van der Waals surface area contributed by atoms with Crippen molar-refractivity contribution in [3.05, 3.63) is 192 Å². The topological polar surface area (TPSA) is 15.7 Å². The second-order valence-electron chi connectivity index (χ2n) is 15.0. The van der Waals surface area contributed by atoms with Crippen LogP contribution >= 0.6 is 0 Å². The summed E-state index contributed by atoms with van der Waals surface area (Å²) in [7, 11) is 0. The van der Waals surface area contributed by atoms with Crippen LogP contribution in [0.5, 0.6) is 0 Å². The molecule has 276 valence electrons. The number of hydrogen-bond donors (Lipinski definition) is 0. The van der Waals surface area contributed by atoms with Gasteiger partial charge in [0.05, 0.1) is 13.2 Å². The molecule has 2 aliphatic rings. The summed E-state index contributed by atoms with van der Waals surface area (Å²) in [5.41, 5.74) is 17.7. The maximum absolute atomic E-state index is 5.70. The van der Waals surface area contributed by atoms with Gasteiger partial charge in [0.15, 0.2) is 0 Å². The Morgan fingerprint density at radius 2 is 1.04 bits per heavy atom. The van der Waals surface area contributed by atoms with E-state index in [-0.39, 0.29) is 5.41 Å². The Hall–Kier alpha value is -6.16. The van der Waals surface area contributed by atoms with E-state index in [0.717, 1.165) is 50.5 Å². The summed E-state index contributed by atoms with van der Waals surface area (Å²) in [5.74, 6) is 0. The molecule has 0 aromatic heterocycles. The zero-order valence-corrected chi connectivity index (χ0v) is 32.4. The number of ether oxygens (including phenoxy) is 1. The van der Waals surface area contributed by atoms with Crippen LogP contribution in [0.2, 0.25) is 0 Å². The lowest BCUT2D eigenvalue weighted by Crippen LogP contribution is -2.36. The normalized spacial score (nSPS) is 14.4. The second-order valence-corrected chi connectivity index (χ2v) is 15.0. The van der Waals surface area contributed by atoms with Crippen LogP contribution in [0.15, 0.2) is 170 Å². The van der Waals surface area contributed by atoms with E-state index in [0.29, 0.717) is 0 Å². The smallest absolute Gasteiger partial charge is 0.0642 e. The summed E-state index contributed by atoms with van der Waals surface area (Å²) < 4.78 is 5.70. The van der Waals surface area contributed by atoms with Crippen LogP contribution < -0.4 is 9.80 Å². The van der Waals surface area contributed by atoms with E-state index >= 15 is 0 Å². The van der Waals surface area contributed by atoms with Gasteiger partial charge in [-0.3, -0.25) is 0 Å². The molecule has 1 fully saturated rings. The second kappa shape index (κ2) is 15.5. The van der Waals surface area contributed by atoms with Gasteiger partial charge in [-0.1, -0.05) is 153 Å². The van der Waals surface area contributed by atoms with E-state index < -0.39 is 0 Å². The Balaban J connectivity index is 0.997. The summed E-state index contributed by atoms with van der Waals surface area (Å²) in [4.78, 5) is 4.85. The van der Waals surface area contributed by atoms with Crippen LogP contribution in [0.1, 0.15) is 48.9 Å². The molecule has 0 atom stereocenters. The first-order valence-electron chi connectivity index (χ1n) is 20.2. The Kier molecular flexibility index (Phi) is 9.85. The molecule has 1 aliphatic carbocycles. The maximum Gasteiger partial charge on any atom is 0.0642 e. The lowest BCUT2D eigenvalue weighted by Gasteiger charge is -2.32. The maximum atomic E-state index is 5.70. The molecule has 0 bridgehead atoms. The quantitative estimate of drug-likeness (QED) is 0.130. The molecule has 56 heavy (non-hydrogen) atoms. The minimum atomic E-state index is -0.0542. The number of morpholine rings is 1. The number of hydrogen-bond acceptors (Lipinski definition) is 3. The van der Waals surface area contributed by atoms with Crippen molar-refractivity contribution in [1.29, 1.82) is 0 Å². The first kappa shape index (κ1) is 35.5.